The normalized spacial score (nSPS) is 14.9. The van der Waals surface area contributed by atoms with Gasteiger partial charge in [-0.15, -0.1) is 0 Å². The number of carbonyl (C=O) groups excluding carboxylic acids is 1. The number of ether oxygens (including phenoxy) is 2. The van der Waals surface area contributed by atoms with Crippen LogP contribution >= 0.6 is 0 Å². The van der Waals surface area contributed by atoms with Crippen LogP contribution in [0.4, 0.5) is 5.82 Å². The highest BCUT2D eigenvalue weighted by Crippen LogP contribution is 2.21. The third-order valence-corrected chi connectivity index (χ3v) is 4.28. The predicted molar refractivity (Wildman–Crippen MR) is 99.5 cm³/mol. The molecule has 8 heteroatoms. The molecule has 1 saturated heterocycles. The lowest BCUT2D eigenvalue weighted by Crippen LogP contribution is -2.38. The zero-order valence-corrected chi connectivity index (χ0v) is 15.3. The van der Waals surface area contributed by atoms with Gasteiger partial charge in [0, 0.05) is 19.3 Å². The second-order valence-electron chi connectivity index (χ2n) is 6.03. The zero-order valence-electron chi connectivity index (χ0n) is 15.3. The second-order valence-corrected chi connectivity index (χ2v) is 6.03. The van der Waals surface area contributed by atoms with Crippen LogP contribution in [0.25, 0.3) is 11.7 Å². The average molecular weight is 368 g/mol. The lowest BCUT2D eigenvalue weighted by atomic mass is 10.1. The van der Waals surface area contributed by atoms with E-state index in [9.17, 15) is 14.9 Å². The Morgan fingerprint density at radius 3 is 2.85 bits per heavy atom. The summed E-state index contributed by atoms with van der Waals surface area (Å²) >= 11 is 0. The van der Waals surface area contributed by atoms with E-state index in [2.05, 4.69) is 4.98 Å². The molecule has 140 valence electrons. The van der Waals surface area contributed by atoms with E-state index in [1.54, 1.807) is 19.2 Å². The van der Waals surface area contributed by atoms with Crippen molar-refractivity contribution in [3.8, 4) is 6.07 Å². The summed E-state index contributed by atoms with van der Waals surface area (Å²) in [7, 11) is 0. The molecule has 1 aliphatic heterocycles. The fraction of sp³-hybridized carbons (Fsp3) is 0.368. The molecule has 0 atom stereocenters. The Kier molecular flexibility index (Phi) is 5.52. The predicted octanol–water partition coefficient (Wildman–Crippen LogP) is 1.31. The molecule has 27 heavy (non-hydrogen) atoms. The van der Waals surface area contributed by atoms with Gasteiger partial charge in [-0.3, -0.25) is 9.20 Å². The van der Waals surface area contributed by atoms with Gasteiger partial charge in [-0.1, -0.05) is 6.07 Å². The lowest BCUT2D eigenvalue weighted by molar-refractivity contribution is -0.137. The molecule has 1 aliphatic rings. The van der Waals surface area contributed by atoms with Gasteiger partial charge in [0.25, 0.3) is 5.56 Å². The largest absolute Gasteiger partial charge is 0.462 e. The number of nitrogens with zero attached hydrogens (tertiary/aromatic N) is 4. The minimum Gasteiger partial charge on any atom is -0.462 e. The van der Waals surface area contributed by atoms with E-state index < -0.39 is 5.97 Å². The third kappa shape index (κ3) is 3.68. The molecule has 1 fully saturated rings. The Labute approximate surface area is 156 Å². The molecule has 3 heterocycles. The zero-order chi connectivity index (χ0) is 19.4. The SMILES string of the molecule is CCOC(=O)C(C#N)=Cc1c(N2CCOCC2)nc2c(C)cccn2c1=O. The summed E-state index contributed by atoms with van der Waals surface area (Å²) in [4.78, 5) is 31.8. The number of anilines is 1. The van der Waals surface area contributed by atoms with Crippen LogP contribution in [0.5, 0.6) is 0 Å². The molecule has 0 radical (unpaired) electrons. The molecule has 0 N–H and O–H groups in total. The number of aromatic nitrogens is 2. The van der Waals surface area contributed by atoms with Gasteiger partial charge < -0.3 is 14.4 Å². The fourth-order valence-electron chi connectivity index (χ4n) is 2.93. The van der Waals surface area contributed by atoms with Gasteiger partial charge in [0.1, 0.15) is 23.1 Å². The van der Waals surface area contributed by atoms with Crippen LogP contribution in [0.2, 0.25) is 0 Å². The number of rotatable bonds is 4. The van der Waals surface area contributed by atoms with Gasteiger partial charge in [0.05, 0.1) is 25.4 Å². The van der Waals surface area contributed by atoms with Gasteiger partial charge >= 0.3 is 5.97 Å². The summed E-state index contributed by atoms with van der Waals surface area (Å²) in [6, 6.07) is 5.45. The number of hydrogen-bond donors (Lipinski definition) is 0. The third-order valence-electron chi connectivity index (χ3n) is 4.28. The summed E-state index contributed by atoms with van der Waals surface area (Å²) in [5, 5.41) is 9.35. The van der Waals surface area contributed by atoms with Crippen molar-refractivity contribution in [1.82, 2.24) is 9.38 Å². The summed E-state index contributed by atoms with van der Waals surface area (Å²) in [6.45, 7) is 5.83. The van der Waals surface area contributed by atoms with Crippen molar-refractivity contribution in [2.45, 2.75) is 13.8 Å². The van der Waals surface area contributed by atoms with E-state index >= 15 is 0 Å². The fourth-order valence-corrected chi connectivity index (χ4v) is 2.93. The number of nitriles is 1. The van der Waals surface area contributed by atoms with Crippen molar-refractivity contribution in [2.75, 3.05) is 37.8 Å². The molecule has 0 amide bonds. The number of morpholine rings is 1. The maximum Gasteiger partial charge on any atom is 0.348 e. The van der Waals surface area contributed by atoms with Crippen molar-refractivity contribution in [2.24, 2.45) is 0 Å². The quantitative estimate of drug-likeness (QED) is 0.456. The van der Waals surface area contributed by atoms with Crippen molar-refractivity contribution in [1.29, 1.82) is 5.26 Å². The van der Waals surface area contributed by atoms with Crippen molar-refractivity contribution in [3.63, 3.8) is 0 Å². The van der Waals surface area contributed by atoms with Crippen molar-refractivity contribution in [3.05, 3.63) is 45.4 Å². The second kappa shape index (κ2) is 8.01. The molecule has 3 rings (SSSR count). The first-order valence-corrected chi connectivity index (χ1v) is 8.70. The van der Waals surface area contributed by atoms with Crippen LogP contribution in [0, 0.1) is 18.3 Å². The molecule has 0 aromatic carbocycles. The lowest BCUT2D eigenvalue weighted by Gasteiger charge is -2.29. The Balaban J connectivity index is 2.25. The highest BCUT2D eigenvalue weighted by molar-refractivity contribution is 5.98. The molecule has 2 aromatic heterocycles. The first-order valence-electron chi connectivity index (χ1n) is 8.70. The Bertz CT molecular complexity index is 997. The molecular formula is C19H20N4O4. The molecule has 0 unspecified atom stereocenters. The average Bonchev–Trinajstić information content (AvgIpc) is 2.68. The van der Waals surface area contributed by atoms with E-state index in [1.165, 1.54) is 10.5 Å². The van der Waals surface area contributed by atoms with Crippen LogP contribution in [-0.4, -0.2) is 48.3 Å². The first kappa shape index (κ1) is 18.6. The number of pyridine rings is 1. The smallest absolute Gasteiger partial charge is 0.348 e. The Morgan fingerprint density at radius 2 is 2.19 bits per heavy atom. The highest BCUT2D eigenvalue weighted by Gasteiger charge is 2.22. The van der Waals surface area contributed by atoms with Gasteiger partial charge in [0.15, 0.2) is 0 Å². The van der Waals surface area contributed by atoms with E-state index in [-0.39, 0.29) is 23.3 Å². The topological polar surface area (TPSA) is 96.9 Å². The van der Waals surface area contributed by atoms with Crippen LogP contribution in [0.3, 0.4) is 0 Å². The van der Waals surface area contributed by atoms with E-state index in [0.29, 0.717) is 37.8 Å². The van der Waals surface area contributed by atoms with E-state index in [0.717, 1.165) is 5.56 Å². The van der Waals surface area contributed by atoms with Gasteiger partial charge in [-0.2, -0.15) is 5.26 Å². The summed E-state index contributed by atoms with van der Waals surface area (Å²) < 4.78 is 11.7. The molecule has 0 spiro atoms. The molecule has 2 aromatic rings. The summed E-state index contributed by atoms with van der Waals surface area (Å²) in [6.07, 6.45) is 2.89. The highest BCUT2D eigenvalue weighted by atomic mass is 16.5. The number of esters is 1. The molecule has 0 bridgehead atoms. The van der Waals surface area contributed by atoms with Crippen molar-refractivity contribution >= 4 is 23.5 Å². The number of carbonyl (C=O) groups is 1. The maximum atomic E-state index is 13.1. The monoisotopic (exact) mass is 368 g/mol. The molecule has 0 aliphatic carbocycles. The van der Waals surface area contributed by atoms with Crippen LogP contribution in [-0.2, 0) is 14.3 Å². The number of fused-ring (bicyclic) bond motifs is 1. The Hall–Kier alpha value is -3.18. The molecule has 8 nitrogen and oxygen atoms in total. The van der Waals surface area contributed by atoms with Crippen LogP contribution < -0.4 is 10.5 Å². The van der Waals surface area contributed by atoms with Gasteiger partial charge in [-0.05, 0) is 31.6 Å². The van der Waals surface area contributed by atoms with Gasteiger partial charge in [0.2, 0.25) is 0 Å². The standard InChI is InChI=1S/C19H20N4O4/c1-3-27-19(25)14(12-20)11-15-17(22-7-9-26-10-8-22)21-16-13(2)5-4-6-23(16)18(15)24/h4-6,11H,3,7-10H2,1-2H3. The van der Waals surface area contributed by atoms with Crippen LogP contribution in [0.1, 0.15) is 18.1 Å². The van der Waals surface area contributed by atoms with Crippen LogP contribution in [0.15, 0.2) is 28.7 Å². The maximum absolute atomic E-state index is 13.1. The number of aryl methyl sites for hydroxylation is 1. The minimum atomic E-state index is -0.762. The molecule has 0 saturated carbocycles. The summed E-state index contributed by atoms with van der Waals surface area (Å²) in [5.74, 6) is -0.323. The van der Waals surface area contributed by atoms with E-state index in [1.807, 2.05) is 24.0 Å². The first-order chi connectivity index (χ1) is 13.1. The van der Waals surface area contributed by atoms with Gasteiger partial charge in [-0.25, -0.2) is 9.78 Å². The Morgan fingerprint density at radius 1 is 1.44 bits per heavy atom. The minimum absolute atomic E-state index is 0.141. The molecular weight excluding hydrogens is 348 g/mol. The summed E-state index contributed by atoms with van der Waals surface area (Å²) in [5.41, 5.74) is 0.992. The van der Waals surface area contributed by atoms with Crippen molar-refractivity contribution < 1.29 is 14.3 Å². The van der Waals surface area contributed by atoms with E-state index in [4.69, 9.17) is 9.47 Å². The number of hydrogen-bond acceptors (Lipinski definition) is 7.